The lowest BCUT2D eigenvalue weighted by Crippen LogP contribution is -2.48. The first-order chi connectivity index (χ1) is 14.7. The molecule has 0 atom stereocenters. The summed E-state index contributed by atoms with van der Waals surface area (Å²) >= 11 is 1.42. The van der Waals surface area contributed by atoms with Crippen molar-refractivity contribution >= 4 is 26.5 Å². The van der Waals surface area contributed by atoms with Crippen molar-refractivity contribution < 1.29 is 21.6 Å². The highest BCUT2D eigenvalue weighted by atomic mass is 32.2. The number of halogens is 3. The molecule has 10 heteroatoms. The first kappa shape index (κ1) is 21.8. The third-order valence-electron chi connectivity index (χ3n) is 5.19. The van der Waals surface area contributed by atoms with Gasteiger partial charge in [-0.15, -0.1) is 11.3 Å². The van der Waals surface area contributed by atoms with E-state index < -0.39 is 27.5 Å². The second kappa shape index (κ2) is 8.60. The van der Waals surface area contributed by atoms with Gasteiger partial charge in [0, 0.05) is 38.0 Å². The van der Waals surface area contributed by atoms with E-state index in [9.17, 15) is 21.6 Å². The molecule has 4 rings (SSSR count). The van der Waals surface area contributed by atoms with Gasteiger partial charge in [0.1, 0.15) is 5.82 Å². The number of benzene rings is 2. The second-order valence-corrected chi connectivity index (χ2v) is 10.1. The number of sulfonamides is 1. The van der Waals surface area contributed by atoms with Crippen molar-refractivity contribution in [3.8, 4) is 0 Å². The van der Waals surface area contributed by atoms with Gasteiger partial charge in [0.05, 0.1) is 10.6 Å². The van der Waals surface area contributed by atoms with Gasteiger partial charge in [-0.2, -0.15) is 4.31 Å². The molecular formula is C21H20F3N3O2S2. The number of rotatable bonds is 5. The van der Waals surface area contributed by atoms with E-state index >= 15 is 0 Å². The van der Waals surface area contributed by atoms with Gasteiger partial charge in [0.2, 0.25) is 10.0 Å². The lowest BCUT2D eigenvalue weighted by atomic mass is 10.1. The predicted molar refractivity (Wildman–Crippen MR) is 113 cm³/mol. The van der Waals surface area contributed by atoms with Gasteiger partial charge in [-0.05, 0) is 42.3 Å². The molecule has 31 heavy (non-hydrogen) atoms. The molecule has 1 aliphatic heterocycles. The first-order valence-corrected chi connectivity index (χ1v) is 12.0. The molecule has 0 amide bonds. The molecule has 3 aromatic rings. The zero-order chi connectivity index (χ0) is 22.2. The van der Waals surface area contributed by atoms with Crippen LogP contribution in [0.15, 0.2) is 46.7 Å². The lowest BCUT2D eigenvalue weighted by Gasteiger charge is -2.34. The van der Waals surface area contributed by atoms with E-state index in [0.717, 1.165) is 29.0 Å². The summed E-state index contributed by atoms with van der Waals surface area (Å²) in [4.78, 5) is 6.54. The Kier molecular flexibility index (Phi) is 6.05. The maximum atomic E-state index is 13.6. The van der Waals surface area contributed by atoms with E-state index in [2.05, 4.69) is 4.98 Å². The molecule has 1 fully saturated rings. The Bertz CT molecular complexity index is 1210. The lowest BCUT2D eigenvalue weighted by molar-refractivity contribution is 0.384. The summed E-state index contributed by atoms with van der Waals surface area (Å²) in [6.07, 6.45) is 0.376. The van der Waals surface area contributed by atoms with E-state index in [0.29, 0.717) is 30.6 Å². The molecule has 0 spiro atoms. The quantitative estimate of drug-likeness (QED) is 0.570. The van der Waals surface area contributed by atoms with Crippen LogP contribution >= 0.6 is 11.3 Å². The van der Waals surface area contributed by atoms with Gasteiger partial charge in [-0.1, -0.05) is 12.1 Å². The van der Waals surface area contributed by atoms with Crippen LogP contribution in [0, 0.1) is 24.4 Å². The molecule has 0 unspecified atom stereocenters. The Morgan fingerprint density at radius 3 is 2.45 bits per heavy atom. The van der Waals surface area contributed by atoms with Gasteiger partial charge in [-0.3, -0.25) is 0 Å². The molecule has 0 bridgehead atoms. The van der Waals surface area contributed by atoms with Crippen molar-refractivity contribution in [1.82, 2.24) is 9.29 Å². The molecule has 0 saturated carbocycles. The minimum absolute atomic E-state index is 0.0102. The van der Waals surface area contributed by atoms with Gasteiger partial charge in [-0.25, -0.2) is 26.6 Å². The van der Waals surface area contributed by atoms with Crippen molar-refractivity contribution in [2.45, 2.75) is 18.2 Å². The van der Waals surface area contributed by atoms with E-state index in [-0.39, 0.29) is 18.0 Å². The fraction of sp³-hybridized carbons (Fsp3) is 0.286. The van der Waals surface area contributed by atoms with Crippen molar-refractivity contribution in [2.24, 2.45) is 0 Å². The maximum Gasteiger partial charge on any atom is 0.243 e. The summed E-state index contributed by atoms with van der Waals surface area (Å²) in [7, 11) is -3.78. The summed E-state index contributed by atoms with van der Waals surface area (Å²) < 4.78 is 67.3. The van der Waals surface area contributed by atoms with Crippen molar-refractivity contribution in [1.29, 1.82) is 0 Å². The Balaban J connectivity index is 1.42. The van der Waals surface area contributed by atoms with Crippen LogP contribution in [0.25, 0.3) is 0 Å². The van der Waals surface area contributed by atoms with Crippen molar-refractivity contribution in [3.05, 3.63) is 76.1 Å². The fourth-order valence-corrected chi connectivity index (χ4v) is 6.03. The molecule has 164 valence electrons. The van der Waals surface area contributed by atoms with Crippen LogP contribution < -0.4 is 4.90 Å². The van der Waals surface area contributed by atoms with Crippen LogP contribution in [0.5, 0.6) is 0 Å². The van der Waals surface area contributed by atoms with Crippen LogP contribution in [0.1, 0.15) is 16.8 Å². The fourth-order valence-electron chi connectivity index (χ4n) is 3.49. The minimum Gasteiger partial charge on any atom is -0.345 e. The molecule has 5 nitrogen and oxygen atoms in total. The minimum atomic E-state index is -3.78. The van der Waals surface area contributed by atoms with Crippen LogP contribution in [-0.2, 0) is 16.4 Å². The molecule has 0 aliphatic carbocycles. The molecule has 1 aromatic heterocycles. The highest BCUT2D eigenvalue weighted by Crippen LogP contribution is 2.26. The number of aromatic nitrogens is 1. The molecule has 1 saturated heterocycles. The molecule has 2 heterocycles. The van der Waals surface area contributed by atoms with Crippen molar-refractivity contribution in [2.75, 3.05) is 31.1 Å². The highest BCUT2D eigenvalue weighted by molar-refractivity contribution is 7.89. The molecule has 0 N–H and O–H groups in total. The number of piperazine rings is 1. The third-order valence-corrected chi connectivity index (χ3v) is 8.18. The van der Waals surface area contributed by atoms with Crippen LogP contribution in [0.4, 0.5) is 18.3 Å². The molecule has 0 radical (unpaired) electrons. The smallest absolute Gasteiger partial charge is 0.243 e. The summed E-state index contributed by atoms with van der Waals surface area (Å²) in [6, 6.07) is 7.54. The molecule has 1 aliphatic rings. The SMILES string of the molecule is Cc1ccc(F)cc1S(=O)(=O)N1CCN(c2nc(Cc3ccc(F)c(F)c3)cs2)CC1. The van der Waals surface area contributed by atoms with Gasteiger partial charge >= 0.3 is 0 Å². The monoisotopic (exact) mass is 467 g/mol. The number of nitrogens with zero attached hydrogens (tertiary/aromatic N) is 3. The average molecular weight is 468 g/mol. The Morgan fingerprint density at radius 2 is 1.74 bits per heavy atom. The van der Waals surface area contributed by atoms with Gasteiger partial charge in [0.15, 0.2) is 16.8 Å². The Labute approximate surface area is 182 Å². The van der Waals surface area contributed by atoms with Crippen LogP contribution in [0.2, 0.25) is 0 Å². The van der Waals surface area contributed by atoms with E-state index in [1.807, 2.05) is 10.3 Å². The summed E-state index contributed by atoms with van der Waals surface area (Å²) in [5, 5.41) is 2.60. The maximum absolute atomic E-state index is 13.6. The zero-order valence-electron chi connectivity index (χ0n) is 16.7. The van der Waals surface area contributed by atoms with E-state index in [1.165, 1.54) is 33.8 Å². The Morgan fingerprint density at radius 1 is 1.00 bits per heavy atom. The van der Waals surface area contributed by atoms with Crippen LogP contribution in [-0.4, -0.2) is 43.9 Å². The zero-order valence-corrected chi connectivity index (χ0v) is 18.3. The first-order valence-electron chi connectivity index (χ1n) is 9.63. The standard InChI is InChI=1S/C21H20F3N3O2S2/c1-14-2-4-16(22)12-20(14)31(28,29)27-8-6-26(7-9-27)21-25-17(13-30-21)10-15-3-5-18(23)19(24)11-15/h2-5,11-13H,6-10H2,1H3. The molecule has 2 aromatic carbocycles. The predicted octanol–water partition coefficient (Wildman–Crippen LogP) is 3.97. The van der Waals surface area contributed by atoms with Crippen molar-refractivity contribution in [3.63, 3.8) is 0 Å². The third kappa shape index (κ3) is 4.60. The number of anilines is 1. The van der Waals surface area contributed by atoms with E-state index in [4.69, 9.17) is 0 Å². The van der Waals surface area contributed by atoms with Gasteiger partial charge in [0.25, 0.3) is 0 Å². The number of hydrogen-bond acceptors (Lipinski definition) is 5. The Hall–Kier alpha value is -2.43. The summed E-state index contributed by atoms with van der Waals surface area (Å²) in [5.74, 6) is -2.36. The average Bonchev–Trinajstić information content (AvgIpc) is 3.21. The number of thiazole rings is 1. The second-order valence-electron chi connectivity index (χ2n) is 7.35. The van der Waals surface area contributed by atoms with Gasteiger partial charge < -0.3 is 4.90 Å². The van der Waals surface area contributed by atoms with E-state index in [1.54, 1.807) is 6.92 Å². The largest absolute Gasteiger partial charge is 0.345 e. The number of aryl methyl sites for hydroxylation is 1. The summed E-state index contributed by atoms with van der Waals surface area (Å²) in [5.41, 5.74) is 1.86. The normalized spacial score (nSPS) is 15.4. The number of hydrogen-bond donors (Lipinski definition) is 0. The topological polar surface area (TPSA) is 53.5 Å². The summed E-state index contributed by atoms with van der Waals surface area (Å²) in [6.45, 7) is 3.07. The van der Waals surface area contributed by atoms with Crippen LogP contribution in [0.3, 0.4) is 0 Å². The molecular weight excluding hydrogens is 447 g/mol. The highest BCUT2D eigenvalue weighted by Gasteiger charge is 2.30.